The third-order valence-electron chi connectivity index (χ3n) is 2.90. The second-order valence-electron chi connectivity index (χ2n) is 4.21. The average molecular weight is 387 g/mol. The second kappa shape index (κ2) is 5.60. The number of halogens is 3. The summed E-state index contributed by atoms with van der Waals surface area (Å²) in [6, 6.07) is 2.69. The minimum absolute atomic E-state index is 0.143. The highest BCUT2D eigenvalue weighted by Gasteiger charge is 2.24. The van der Waals surface area contributed by atoms with Crippen LogP contribution in [0.3, 0.4) is 0 Å². The summed E-state index contributed by atoms with van der Waals surface area (Å²) in [6.07, 6.45) is 1.91. The van der Waals surface area contributed by atoms with Crippen molar-refractivity contribution in [1.29, 1.82) is 0 Å². The summed E-state index contributed by atoms with van der Waals surface area (Å²) in [5.74, 6) is -0.228. The smallest absolute Gasteiger partial charge is 0.262 e. The molecule has 0 spiro atoms. The third kappa shape index (κ3) is 3.24. The molecule has 1 aromatic carbocycles. The summed E-state index contributed by atoms with van der Waals surface area (Å²) in [7, 11) is 1.37. The molecule has 0 bridgehead atoms. The number of likely N-dealkylation sites (tertiary alicyclic amines) is 1. The fraction of sp³-hybridized carbons (Fsp3) is 0.364. The molecule has 19 heavy (non-hydrogen) atoms. The summed E-state index contributed by atoms with van der Waals surface area (Å²) < 4.78 is 23.1. The molecule has 1 aliphatic heterocycles. The standard InChI is InChI=1S/C11H10BrCl2NO3S/c12-10-8(13)5-7(6-9(10)19(14,17)18)11(16)15-3-1-2-4-15/h5-6H,1-4H2. The van der Waals surface area contributed by atoms with Crippen LogP contribution in [0, 0.1) is 0 Å². The quantitative estimate of drug-likeness (QED) is 0.733. The van der Waals surface area contributed by atoms with Crippen molar-refractivity contribution < 1.29 is 13.2 Å². The highest BCUT2D eigenvalue weighted by atomic mass is 79.9. The Labute approximate surface area is 129 Å². The van der Waals surface area contributed by atoms with Gasteiger partial charge in [-0.1, -0.05) is 11.6 Å². The van der Waals surface area contributed by atoms with Gasteiger partial charge in [0.15, 0.2) is 0 Å². The average Bonchev–Trinajstić information content (AvgIpc) is 2.83. The lowest BCUT2D eigenvalue weighted by molar-refractivity contribution is 0.0792. The van der Waals surface area contributed by atoms with Gasteiger partial charge in [-0.3, -0.25) is 4.79 Å². The fourth-order valence-corrected chi connectivity index (χ4v) is 4.35. The Bertz CT molecular complexity index is 627. The topological polar surface area (TPSA) is 54.5 Å². The number of hydrogen-bond donors (Lipinski definition) is 0. The number of benzene rings is 1. The molecule has 1 heterocycles. The maximum atomic E-state index is 12.2. The first-order valence-corrected chi connectivity index (χ1v) is 9.01. The molecule has 0 aromatic heterocycles. The number of rotatable bonds is 2. The SMILES string of the molecule is O=C(c1cc(Cl)c(Br)c(S(=O)(=O)Cl)c1)N1CCCC1. The highest BCUT2D eigenvalue weighted by Crippen LogP contribution is 2.33. The van der Waals surface area contributed by atoms with Gasteiger partial charge in [0.05, 0.1) is 14.4 Å². The molecule has 4 nitrogen and oxygen atoms in total. The van der Waals surface area contributed by atoms with Gasteiger partial charge in [-0.25, -0.2) is 8.42 Å². The molecule has 0 radical (unpaired) electrons. The molecule has 1 saturated heterocycles. The Kier molecular flexibility index (Phi) is 4.45. The number of carbonyl (C=O) groups is 1. The van der Waals surface area contributed by atoms with E-state index in [1.165, 1.54) is 12.1 Å². The molecule has 0 atom stereocenters. The predicted octanol–water partition coefficient (Wildman–Crippen LogP) is 3.27. The van der Waals surface area contributed by atoms with E-state index in [0.717, 1.165) is 12.8 Å². The molecule has 1 aromatic rings. The van der Waals surface area contributed by atoms with Gasteiger partial charge in [0.25, 0.3) is 15.0 Å². The van der Waals surface area contributed by atoms with Gasteiger partial charge in [0.2, 0.25) is 0 Å². The molecule has 1 aliphatic rings. The van der Waals surface area contributed by atoms with E-state index >= 15 is 0 Å². The summed E-state index contributed by atoms with van der Waals surface area (Å²) in [6.45, 7) is 1.35. The zero-order valence-electron chi connectivity index (χ0n) is 9.70. The molecule has 0 saturated carbocycles. The molecule has 0 aliphatic carbocycles. The Balaban J connectivity index is 2.48. The lowest BCUT2D eigenvalue weighted by Gasteiger charge is -2.16. The van der Waals surface area contributed by atoms with Crippen LogP contribution < -0.4 is 0 Å². The van der Waals surface area contributed by atoms with Crippen molar-refractivity contribution >= 4 is 53.2 Å². The highest BCUT2D eigenvalue weighted by molar-refractivity contribution is 9.10. The van der Waals surface area contributed by atoms with E-state index in [1.54, 1.807) is 4.90 Å². The maximum absolute atomic E-state index is 12.2. The van der Waals surface area contributed by atoms with Crippen LogP contribution in [-0.4, -0.2) is 32.3 Å². The summed E-state index contributed by atoms with van der Waals surface area (Å²) in [4.78, 5) is 13.7. The van der Waals surface area contributed by atoms with Crippen molar-refractivity contribution in [3.05, 3.63) is 27.2 Å². The number of carbonyl (C=O) groups excluding carboxylic acids is 1. The first-order chi connectivity index (χ1) is 8.80. The van der Waals surface area contributed by atoms with E-state index in [2.05, 4.69) is 15.9 Å². The first kappa shape index (κ1) is 15.1. The number of amides is 1. The Morgan fingerprint density at radius 2 is 1.84 bits per heavy atom. The molecular weight excluding hydrogens is 377 g/mol. The molecule has 1 amide bonds. The fourth-order valence-electron chi connectivity index (χ4n) is 1.97. The molecule has 104 valence electrons. The van der Waals surface area contributed by atoms with Gasteiger partial charge in [0.1, 0.15) is 0 Å². The van der Waals surface area contributed by atoms with Crippen molar-refractivity contribution in [2.45, 2.75) is 17.7 Å². The number of hydrogen-bond acceptors (Lipinski definition) is 3. The summed E-state index contributed by atoms with van der Waals surface area (Å²) >= 11 is 9.00. The van der Waals surface area contributed by atoms with E-state index < -0.39 is 9.05 Å². The zero-order chi connectivity index (χ0) is 14.2. The van der Waals surface area contributed by atoms with Gasteiger partial charge < -0.3 is 4.90 Å². The van der Waals surface area contributed by atoms with Gasteiger partial charge in [-0.15, -0.1) is 0 Å². The Hall–Kier alpha value is -0.300. The normalized spacial score (nSPS) is 15.8. The van der Waals surface area contributed by atoms with Crippen LogP contribution in [-0.2, 0) is 9.05 Å². The van der Waals surface area contributed by atoms with Crippen LogP contribution in [0.1, 0.15) is 23.2 Å². The zero-order valence-corrected chi connectivity index (χ0v) is 13.6. The third-order valence-corrected chi connectivity index (χ3v) is 5.89. The monoisotopic (exact) mass is 385 g/mol. The molecule has 0 unspecified atom stereocenters. The minimum atomic E-state index is -3.97. The van der Waals surface area contributed by atoms with Gasteiger partial charge in [0, 0.05) is 29.3 Å². The van der Waals surface area contributed by atoms with Crippen molar-refractivity contribution in [3.8, 4) is 0 Å². The number of nitrogens with zero attached hydrogens (tertiary/aromatic N) is 1. The van der Waals surface area contributed by atoms with E-state index in [1.807, 2.05) is 0 Å². The van der Waals surface area contributed by atoms with Crippen LogP contribution >= 0.6 is 38.2 Å². The van der Waals surface area contributed by atoms with Crippen LogP contribution in [0.2, 0.25) is 5.02 Å². The van der Waals surface area contributed by atoms with E-state index in [0.29, 0.717) is 13.1 Å². The van der Waals surface area contributed by atoms with Crippen molar-refractivity contribution in [1.82, 2.24) is 4.90 Å². The minimum Gasteiger partial charge on any atom is -0.339 e. The van der Waals surface area contributed by atoms with E-state index in [9.17, 15) is 13.2 Å². The van der Waals surface area contributed by atoms with E-state index in [-0.39, 0.29) is 25.9 Å². The van der Waals surface area contributed by atoms with Crippen molar-refractivity contribution in [2.75, 3.05) is 13.1 Å². The second-order valence-corrected chi connectivity index (χ2v) is 7.94. The van der Waals surface area contributed by atoms with Crippen molar-refractivity contribution in [2.24, 2.45) is 0 Å². The lowest BCUT2D eigenvalue weighted by atomic mass is 10.2. The van der Waals surface area contributed by atoms with Crippen LogP contribution in [0.25, 0.3) is 0 Å². The molecule has 1 fully saturated rings. The summed E-state index contributed by atoms with van der Waals surface area (Å²) in [5, 5.41) is 0.143. The first-order valence-electron chi connectivity index (χ1n) is 5.53. The van der Waals surface area contributed by atoms with Crippen LogP contribution in [0.4, 0.5) is 0 Å². The van der Waals surface area contributed by atoms with E-state index in [4.69, 9.17) is 22.3 Å². The largest absolute Gasteiger partial charge is 0.339 e. The maximum Gasteiger partial charge on any atom is 0.262 e. The van der Waals surface area contributed by atoms with Crippen LogP contribution in [0.5, 0.6) is 0 Å². The Morgan fingerprint density at radius 1 is 1.26 bits per heavy atom. The molecule has 0 N–H and O–H groups in total. The van der Waals surface area contributed by atoms with Gasteiger partial charge >= 0.3 is 0 Å². The molecular formula is C11H10BrCl2NO3S. The lowest BCUT2D eigenvalue weighted by Crippen LogP contribution is -2.27. The van der Waals surface area contributed by atoms with Gasteiger partial charge in [-0.2, -0.15) is 0 Å². The Morgan fingerprint density at radius 3 is 2.37 bits per heavy atom. The summed E-state index contributed by atoms with van der Waals surface area (Å²) in [5.41, 5.74) is 0.231. The van der Waals surface area contributed by atoms with Crippen LogP contribution in [0.15, 0.2) is 21.5 Å². The van der Waals surface area contributed by atoms with Crippen molar-refractivity contribution in [3.63, 3.8) is 0 Å². The van der Waals surface area contributed by atoms with Gasteiger partial charge in [-0.05, 0) is 40.9 Å². The molecule has 8 heteroatoms. The predicted molar refractivity (Wildman–Crippen MR) is 77.3 cm³/mol. The molecule has 2 rings (SSSR count).